The van der Waals surface area contributed by atoms with E-state index in [1.54, 1.807) is 0 Å². The number of hydrogen-bond acceptors (Lipinski definition) is 2. The van der Waals surface area contributed by atoms with E-state index >= 15 is 0 Å². The molecule has 0 saturated carbocycles. The third kappa shape index (κ3) is 2.69. The molecule has 16 heavy (non-hydrogen) atoms. The quantitative estimate of drug-likeness (QED) is 0.839. The monoisotopic (exact) mass is 330 g/mol. The van der Waals surface area contributed by atoms with Crippen LogP contribution < -0.4 is 10.2 Å². The molecule has 1 aliphatic rings. The van der Waals surface area contributed by atoms with Crippen molar-refractivity contribution in [3.05, 3.63) is 27.8 Å². The molecule has 0 aromatic heterocycles. The molecule has 2 unspecified atom stereocenters. The summed E-state index contributed by atoms with van der Waals surface area (Å²) >= 11 is 2.38. The van der Waals surface area contributed by atoms with Gasteiger partial charge in [-0.1, -0.05) is 13.0 Å². The van der Waals surface area contributed by atoms with E-state index in [0.29, 0.717) is 6.04 Å². The molecule has 1 saturated heterocycles. The maximum Gasteiger partial charge on any atom is 0.0376 e. The van der Waals surface area contributed by atoms with E-state index in [-0.39, 0.29) is 0 Å². The second-order valence-corrected chi connectivity index (χ2v) is 5.83. The Morgan fingerprint density at radius 3 is 2.88 bits per heavy atom. The van der Waals surface area contributed by atoms with Crippen molar-refractivity contribution in [2.24, 2.45) is 5.92 Å². The van der Waals surface area contributed by atoms with E-state index in [9.17, 15) is 0 Å². The van der Waals surface area contributed by atoms with E-state index in [0.717, 1.165) is 19.0 Å². The number of nitrogens with zero attached hydrogens (tertiary/aromatic N) is 1. The zero-order chi connectivity index (χ0) is 11.5. The molecule has 2 atom stereocenters. The van der Waals surface area contributed by atoms with E-state index in [4.69, 9.17) is 0 Å². The van der Waals surface area contributed by atoms with E-state index in [2.05, 4.69) is 71.0 Å². The van der Waals surface area contributed by atoms with Gasteiger partial charge in [0.05, 0.1) is 0 Å². The van der Waals surface area contributed by atoms with Crippen LogP contribution in [0.1, 0.15) is 13.3 Å². The third-order valence-electron chi connectivity index (χ3n) is 3.45. The van der Waals surface area contributed by atoms with Crippen LogP contribution in [0.3, 0.4) is 0 Å². The fourth-order valence-corrected chi connectivity index (χ4v) is 3.01. The van der Waals surface area contributed by atoms with Crippen LogP contribution in [0.5, 0.6) is 0 Å². The summed E-state index contributed by atoms with van der Waals surface area (Å²) in [5.74, 6) is 0.719. The molecule has 3 heteroatoms. The number of piperidine rings is 1. The van der Waals surface area contributed by atoms with Crippen LogP contribution in [-0.4, -0.2) is 26.2 Å². The van der Waals surface area contributed by atoms with Gasteiger partial charge in [0.15, 0.2) is 0 Å². The molecule has 0 radical (unpaired) electrons. The molecule has 1 fully saturated rings. The lowest BCUT2D eigenvalue weighted by molar-refractivity contribution is 0.339. The first-order valence-corrected chi connectivity index (χ1v) is 6.96. The molecule has 1 aromatic carbocycles. The van der Waals surface area contributed by atoms with Crippen LogP contribution >= 0.6 is 22.6 Å². The SMILES string of the molecule is CNC1CCN(c2cccc(I)c2)CC1C. The maximum absolute atomic E-state index is 3.41. The largest absolute Gasteiger partial charge is 0.371 e. The second-order valence-electron chi connectivity index (χ2n) is 4.59. The Morgan fingerprint density at radius 2 is 2.25 bits per heavy atom. The number of benzene rings is 1. The highest BCUT2D eigenvalue weighted by Gasteiger charge is 2.24. The average Bonchev–Trinajstić information content (AvgIpc) is 2.29. The predicted molar refractivity (Wildman–Crippen MR) is 78.0 cm³/mol. The van der Waals surface area contributed by atoms with Crippen molar-refractivity contribution in [1.29, 1.82) is 0 Å². The molecule has 1 aliphatic heterocycles. The highest BCUT2D eigenvalue weighted by molar-refractivity contribution is 14.1. The maximum atomic E-state index is 3.41. The first-order valence-electron chi connectivity index (χ1n) is 5.88. The molecule has 1 aromatic rings. The Bertz CT molecular complexity index is 354. The molecule has 0 spiro atoms. The molecule has 2 rings (SSSR count). The van der Waals surface area contributed by atoms with Crippen LogP contribution in [0.15, 0.2) is 24.3 Å². The van der Waals surface area contributed by atoms with E-state index < -0.39 is 0 Å². The Hall–Kier alpha value is -0.290. The number of hydrogen-bond donors (Lipinski definition) is 1. The van der Waals surface area contributed by atoms with Crippen molar-refractivity contribution in [2.45, 2.75) is 19.4 Å². The van der Waals surface area contributed by atoms with E-state index in [1.165, 1.54) is 15.7 Å². The van der Waals surface area contributed by atoms with Gasteiger partial charge in [-0.05, 0) is 60.2 Å². The first kappa shape index (κ1) is 12.2. The van der Waals surface area contributed by atoms with Gasteiger partial charge in [0.2, 0.25) is 0 Å². The Morgan fingerprint density at radius 1 is 1.44 bits per heavy atom. The molecule has 0 amide bonds. The molecule has 0 aliphatic carbocycles. The summed E-state index contributed by atoms with van der Waals surface area (Å²) in [4.78, 5) is 2.50. The fourth-order valence-electron chi connectivity index (χ4n) is 2.48. The van der Waals surface area contributed by atoms with Crippen LogP contribution in [0.2, 0.25) is 0 Å². The molecule has 88 valence electrons. The summed E-state index contributed by atoms with van der Waals surface area (Å²) in [6.07, 6.45) is 1.24. The van der Waals surface area contributed by atoms with Crippen LogP contribution in [-0.2, 0) is 0 Å². The standard InChI is InChI=1S/C13H19IN2/c1-10-9-16(7-6-13(10)15-2)12-5-3-4-11(14)8-12/h3-5,8,10,13,15H,6-7,9H2,1-2H3. The van der Waals surface area contributed by atoms with Gasteiger partial charge < -0.3 is 10.2 Å². The van der Waals surface area contributed by atoms with Crippen molar-refractivity contribution >= 4 is 28.3 Å². The van der Waals surface area contributed by atoms with Crippen LogP contribution in [0.25, 0.3) is 0 Å². The van der Waals surface area contributed by atoms with Gasteiger partial charge in [0.25, 0.3) is 0 Å². The average molecular weight is 330 g/mol. The van der Waals surface area contributed by atoms with Crippen LogP contribution in [0, 0.1) is 9.49 Å². The summed E-state index contributed by atoms with van der Waals surface area (Å²) in [5, 5.41) is 3.41. The lowest BCUT2D eigenvalue weighted by atomic mass is 9.93. The normalized spacial score (nSPS) is 25.8. The first-order chi connectivity index (χ1) is 7.70. The molecular weight excluding hydrogens is 311 g/mol. The summed E-state index contributed by atoms with van der Waals surface area (Å²) in [6, 6.07) is 9.46. The summed E-state index contributed by atoms with van der Waals surface area (Å²) in [5.41, 5.74) is 1.37. The lowest BCUT2D eigenvalue weighted by Crippen LogP contribution is -2.47. The number of rotatable bonds is 2. The highest BCUT2D eigenvalue weighted by atomic mass is 127. The minimum absolute atomic E-state index is 0.680. The summed E-state index contributed by atoms with van der Waals surface area (Å²) < 4.78 is 1.32. The topological polar surface area (TPSA) is 15.3 Å². The smallest absolute Gasteiger partial charge is 0.0376 e. The van der Waals surface area contributed by atoms with Crippen molar-refractivity contribution in [3.8, 4) is 0 Å². The minimum Gasteiger partial charge on any atom is -0.371 e. The highest BCUT2D eigenvalue weighted by Crippen LogP contribution is 2.24. The van der Waals surface area contributed by atoms with Gasteiger partial charge in [0.1, 0.15) is 0 Å². The minimum atomic E-state index is 0.680. The fraction of sp³-hybridized carbons (Fsp3) is 0.538. The van der Waals surface area contributed by atoms with Gasteiger partial charge in [-0.3, -0.25) is 0 Å². The van der Waals surface area contributed by atoms with Gasteiger partial charge in [0, 0.05) is 28.4 Å². The Labute approximate surface area is 112 Å². The van der Waals surface area contributed by atoms with Gasteiger partial charge in [-0.2, -0.15) is 0 Å². The van der Waals surface area contributed by atoms with Crippen molar-refractivity contribution in [3.63, 3.8) is 0 Å². The predicted octanol–water partition coefficient (Wildman–Crippen LogP) is 2.73. The van der Waals surface area contributed by atoms with Gasteiger partial charge in [-0.25, -0.2) is 0 Å². The zero-order valence-corrected chi connectivity index (χ0v) is 12.1. The van der Waals surface area contributed by atoms with Crippen LogP contribution in [0.4, 0.5) is 5.69 Å². The van der Waals surface area contributed by atoms with Crippen molar-refractivity contribution in [1.82, 2.24) is 5.32 Å². The summed E-state index contributed by atoms with van der Waals surface area (Å²) in [6.45, 7) is 4.66. The number of nitrogens with one attached hydrogen (secondary N) is 1. The summed E-state index contributed by atoms with van der Waals surface area (Å²) in [7, 11) is 2.07. The third-order valence-corrected chi connectivity index (χ3v) is 4.12. The lowest BCUT2D eigenvalue weighted by Gasteiger charge is -2.38. The molecule has 1 N–H and O–H groups in total. The molecule has 0 bridgehead atoms. The van der Waals surface area contributed by atoms with Crippen molar-refractivity contribution < 1.29 is 0 Å². The molecule has 1 heterocycles. The van der Waals surface area contributed by atoms with E-state index in [1.807, 2.05) is 0 Å². The molecular formula is C13H19IN2. The number of anilines is 1. The van der Waals surface area contributed by atoms with Gasteiger partial charge in [-0.15, -0.1) is 0 Å². The molecule has 2 nitrogen and oxygen atoms in total. The van der Waals surface area contributed by atoms with Crippen molar-refractivity contribution in [2.75, 3.05) is 25.0 Å². The Balaban J connectivity index is 2.07. The van der Waals surface area contributed by atoms with Gasteiger partial charge >= 0.3 is 0 Å². The second kappa shape index (κ2) is 5.36. The zero-order valence-electron chi connectivity index (χ0n) is 9.91. The number of halogens is 1. The Kier molecular flexibility index (Phi) is 4.08.